The second kappa shape index (κ2) is 10.7. The lowest BCUT2D eigenvalue weighted by Crippen LogP contribution is -2.22. The summed E-state index contributed by atoms with van der Waals surface area (Å²) in [4.78, 5) is 4.23. The maximum atomic E-state index is 15.0. The van der Waals surface area contributed by atoms with Crippen LogP contribution in [0.25, 0.3) is 22.0 Å². The Labute approximate surface area is 209 Å². The molecule has 0 aliphatic rings. The van der Waals surface area contributed by atoms with E-state index >= 15 is 0 Å². The third kappa shape index (κ3) is 5.66. The molecule has 3 aromatic carbocycles. The first kappa shape index (κ1) is 26.3. The lowest BCUT2D eigenvalue weighted by Gasteiger charge is -2.20. The highest BCUT2D eigenvalue weighted by molar-refractivity contribution is 5.90. The zero-order chi connectivity index (χ0) is 26.7. The molecular formula is C27H23F4NO5. The lowest BCUT2D eigenvalue weighted by atomic mass is 9.90. The number of benzene rings is 3. The van der Waals surface area contributed by atoms with Crippen LogP contribution < -0.4 is 4.74 Å². The number of hydrogen-bond donors (Lipinski definition) is 2. The van der Waals surface area contributed by atoms with Gasteiger partial charge in [0.25, 0.3) is 0 Å². The lowest BCUT2D eigenvalue weighted by molar-refractivity contribution is -0.137. The van der Waals surface area contributed by atoms with Gasteiger partial charge in [0.05, 0.1) is 11.1 Å². The zero-order valence-electron chi connectivity index (χ0n) is 19.8. The van der Waals surface area contributed by atoms with Gasteiger partial charge in [-0.05, 0) is 42.0 Å². The summed E-state index contributed by atoms with van der Waals surface area (Å²) in [7, 11) is 2.96. The van der Waals surface area contributed by atoms with Crippen molar-refractivity contribution in [2.45, 2.75) is 18.6 Å². The van der Waals surface area contributed by atoms with Crippen LogP contribution in [0, 0.1) is 5.82 Å². The van der Waals surface area contributed by atoms with Crippen molar-refractivity contribution < 1.29 is 42.0 Å². The van der Waals surface area contributed by atoms with Crippen LogP contribution in [0.2, 0.25) is 0 Å². The van der Waals surface area contributed by atoms with E-state index in [9.17, 15) is 27.8 Å². The number of hydrogen-bond acceptors (Lipinski definition) is 6. The van der Waals surface area contributed by atoms with Gasteiger partial charge >= 0.3 is 6.18 Å². The molecule has 0 aliphatic heterocycles. The summed E-state index contributed by atoms with van der Waals surface area (Å²) < 4.78 is 70.0. The van der Waals surface area contributed by atoms with Crippen LogP contribution >= 0.6 is 0 Å². The molecule has 194 valence electrons. The molecule has 0 amide bonds. The molecule has 0 saturated heterocycles. The summed E-state index contributed by atoms with van der Waals surface area (Å²) in [6.45, 7) is 0.130. The van der Waals surface area contributed by atoms with E-state index in [0.717, 1.165) is 12.1 Å². The van der Waals surface area contributed by atoms with E-state index < -0.39 is 30.0 Å². The molecule has 0 aliphatic carbocycles. The summed E-state index contributed by atoms with van der Waals surface area (Å²) in [6.07, 6.45) is -5.33. The molecular weight excluding hydrogens is 494 g/mol. The van der Waals surface area contributed by atoms with Crippen LogP contribution in [-0.2, 0) is 15.7 Å². The minimum atomic E-state index is -4.71. The zero-order valence-corrected chi connectivity index (χ0v) is 19.8. The number of nitrogens with zero attached hydrogens (tertiary/aromatic N) is 1. The summed E-state index contributed by atoms with van der Waals surface area (Å²) in [6, 6.07) is 12.9. The first-order valence-corrected chi connectivity index (χ1v) is 11.1. The first-order valence-electron chi connectivity index (χ1n) is 11.1. The monoisotopic (exact) mass is 517 g/mol. The van der Waals surface area contributed by atoms with E-state index in [1.165, 1.54) is 38.6 Å². The SMILES string of the molecule is COC(COc1ccc([C@@H](O)c2c(-c3ccc(C(F)(F)F)cc3F)cnc3cc(O)ccc23)cc1)OC. The number of fused-ring (bicyclic) bond motifs is 1. The molecule has 1 atom stereocenters. The smallest absolute Gasteiger partial charge is 0.416 e. The number of aromatic hydroxyl groups is 1. The number of methoxy groups -OCH3 is 2. The van der Waals surface area contributed by atoms with Crippen molar-refractivity contribution >= 4 is 10.9 Å². The van der Waals surface area contributed by atoms with Gasteiger partial charge < -0.3 is 24.4 Å². The molecule has 4 rings (SSSR count). The fraction of sp³-hybridized carbons (Fsp3) is 0.222. The number of pyridine rings is 1. The van der Waals surface area contributed by atoms with Gasteiger partial charge in [-0.1, -0.05) is 18.2 Å². The average Bonchev–Trinajstić information content (AvgIpc) is 2.88. The Hall–Kier alpha value is -3.73. The number of aliphatic hydroxyl groups is 1. The first-order chi connectivity index (χ1) is 17.6. The average molecular weight is 517 g/mol. The van der Waals surface area contributed by atoms with Crippen molar-refractivity contribution in [1.29, 1.82) is 0 Å². The number of phenolic OH excluding ortho intramolecular Hbond substituents is 1. The molecule has 0 bridgehead atoms. The Bertz CT molecular complexity index is 1390. The third-order valence-corrected chi connectivity index (χ3v) is 5.86. The summed E-state index contributed by atoms with van der Waals surface area (Å²) in [5.74, 6) is -0.702. The summed E-state index contributed by atoms with van der Waals surface area (Å²) in [5, 5.41) is 21.7. The van der Waals surface area contributed by atoms with E-state index in [2.05, 4.69) is 4.98 Å². The largest absolute Gasteiger partial charge is 0.508 e. The Morgan fingerprint density at radius 3 is 2.24 bits per heavy atom. The van der Waals surface area contributed by atoms with Gasteiger partial charge in [0.15, 0.2) is 6.29 Å². The van der Waals surface area contributed by atoms with E-state index in [-0.39, 0.29) is 29.0 Å². The van der Waals surface area contributed by atoms with Crippen molar-refractivity contribution in [2.24, 2.45) is 0 Å². The maximum absolute atomic E-state index is 15.0. The maximum Gasteiger partial charge on any atom is 0.416 e. The summed E-state index contributed by atoms with van der Waals surface area (Å²) in [5.41, 5.74) is -0.229. The van der Waals surface area contributed by atoms with Crippen molar-refractivity contribution in [2.75, 3.05) is 20.8 Å². The highest BCUT2D eigenvalue weighted by atomic mass is 19.4. The van der Waals surface area contributed by atoms with Gasteiger partial charge in [0, 0.05) is 48.6 Å². The second-order valence-corrected chi connectivity index (χ2v) is 8.16. The van der Waals surface area contributed by atoms with E-state index in [0.29, 0.717) is 28.3 Å². The van der Waals surface area contributed by atoms with Crippen molar-refractivity contribution in [3.63, 3.8) is 0 Å². The van der Waals surface area contributed by atoms with Gasteiger partial charge in [0.2, 0.25) is 0 Å². The van der Waals surface area contributed by atoms with Crippen molar-refractivity contribution in [3.05, 3.63) is 89.4 Å². The van der Waals surface area contributed by atoms with Gasteiger partial charge in [0.1, 0.15) is 30.0 Å². The third-order valence-electron chi connectivity index (χ3n) is 5.86. The molecule has 0 unspecified atom stereocenters. The minimum Gasteiger partial charge on any atom is -0.508 e. The molecule has 1 heterocycles. The predicted molar refractivity (Wildman–Crippen MR) is 128 cm³/mol. The summed E-state index contributed by atoms with van der Waals surface area (Å²) >= 11 is 0. The van der Waals surface area contributed by atoms with Gasteiger partial charge in [-0.2, -0.15) is 13.2 Å². The van der Waals surface area contributed by atoms with Crippen LogP contribution in [0.15, 0.2) is 66.9 Å². The predicted octanol–water partition coefficient (Wildman–Crippen LogP) is 5.84. The van der Waals surface area contributed by atoms with E-state index in [1.807, 2.05) is 0 Å². The Morgan fingerprint density at radius 1 is 0.919 bits per heavy atom. The molecule has 1 aromatic heterocycles. The second-order valence-electron chi connectivity index (χ2n) is 8.16. The molecule has 10 heteroatoms. The van der Waals surface area contributed by atoms with Gasteiger partial charge in [-0.3, -0.25) is 4.98 Å². The number of alkyl halides is 3. The van der Waals surface area contributed by atoms with Crippen molar-refractivity contribution in [3.8, 4) is 22.6 Å². The Balaban J connectivity index is 1.77. The molecule has 0 spiro atoms. The van der Waals surface area contributed by atoms with Crippen LogP contribution in [0.4, 0.5) is 17.6 Å². The molecule has 2 N–H and O–H groups in total. The fourth-order valence-electron chi connectivity index (χ4n) is 3.93. The van der Waals surface area contributed by atoms with E-state index in [1.54, 1.807) is 24.3 Å². The van der Waals surface area contributed by atoms with E-state index in [4.69, 9.17) is 14.2 Å². The Morgan fingerprint density at radius 2 is 1.62 bits per heavy atom. The van der Waals surface area contributed by atoms with Crippen LogP contribution in [0.5, 0.6) is 11.5 Å². The van der Waals surface area contributed by atoms with Crippen LogP contribution in [0.3, 0.4) is 0 Å². The fourth-order valence-corrected chi connectivity index (χ4v) is 3.93. The Kier molecular flexibility index (Phi) is 7.63. The normalized spacial score (nSPS) is 12.8. The standard InChI is InChI=1S/C27H23F4NO5/c1-35-24(36-2)14-37-18-7-3-15(4-8-18)26(34)25-20-10-6-17(33)12-23(20)32-13-21(25)19-9-5-16(11-22(19)28)27(29,30)31/h3-13,24,26,33-34H,14H2,1-2H3/t26-/m1/s1. The highest BCUT2D eigenvalue weighted by Crippen LogP contribution is 2.40. The molecule has 0 radical (unpaired) electrons. The molecule has 4 aromatic rings. The number of ether oxygens (including phenoxy) is 3. The van der Waals surface area contributed by atoms with Crippen LogP contribution in [-0.4, -0.2) is 42.3 Å². The number of rotatable bonds is 8. The number of halogens is 4. The number of aromatic nitrogens is 1. The molecule has 37 heavy (non-hydrogen) atoms. The quantitative estimate of drug-likeness (QED) is 0.226. The minimum absolute atomic E-state index is 0.0687. The van der Waals surface area contributed by atoms with Gasteiger partial charge in [-0.25, -0.2) is 4.39 Å². The van der Waals surface area contributed by atoms with Crippen molar-refractivity contribution in [1.82, 2.24) is 4.98 Å². The molecule has 0 fully saturated rings. The van der Waals surface area contributed by atoms with Crippen LogP contribution in [0.1, 0.15) is 22.8 Å². The highest BCUT2D eigenvalue weighted by Gasteiger charge is 2.32. The topological polar surface area (TPSA) is 81.0 Å². The molecule has 0 saturated carbocycles. The number of phenols is 1. The molecule has 6 nitrogen and oxygen atoms in total. The number of aliphatic hydroxyl groups excluding tert-OH is 1. The van der Waals surface area contributed by atoms with Gasteiger partial charge in [-0.15, -0.1) is 0 Å².